The minimum absolute atomic E-state index is 0.120. The molecule has 0 saturated heterocycles. The van der Waals surface area contributed by atoms with Crippen LogP contribution in [0, 0.1) is 12.8 Å². The molecule has 2 aromatic rings. The van der Waals surface area contributed by atoms with Gasteiger partial charge in [-0.3, -0.25) is 14.5 Å². The molecular weight excluding hydrogens is 406 g/mol. The fraction of sp³-hybridized carbons (Fsp3) is 0.440. The Morgan fingerprint density at radius 1 is 0.969 bits per heavy atom. The molecule has 172 valence electrons. The first-order valence-electron chi connectivity index (χ1n) is 11.1. The smallest absolute Gasteiger partial charge is 0.238 e. The van der Waals surface area contributed by atoms with Crippen molar-refractivity contribution in [2.45, 2.75) is 33.2 Å². The second kappa shape index (κ2) is 11.0. The number of nitrogens with zero attached hydrogens (tertiary/aromatic N) is 1. The Kier molecular flexibility index (Phi) is 8.11. The molecule has 0 radical (unpaired) electrons. The first-order chi connectivity index (χ1) is 15.3. The van der Waals surface area contributed by atoms with E-state index in [0.717, 1.165) is 29.0 Å². The summed E-state index contributed by atoms with van der Waals surface area (Å²) >= 11 is 0. The van der Waals surface area contributed by atoms with Gasteiger partial charge in [-0.25, -0.2) is 0 Å². The molecule has 0 spiro atoms. The summed E-state index contributed by atoms with van der Waals surface area (Å²) in [5, 5.41) is 5.96. The highest BCUT2D eigenvalue weighted by atomic mass is 16.5. The molecule has 7 nitrogen and oxygen atoms in total. The molecule has 1 heterocycles. The Morgan fingerprint density at radius 2 is 1.62 bits per heavy atom. The normalized spacial score (nSPS) is 14.1. The van der Waals surface area contributed by atoms with Crippen LogP contribution in [0.2, 0.25) is 0 Å². The van der Waals surface area contributed by atoms with Crippen LogP contribution in [-0.2, 0) is 9.59 Å². The van der Waals surface area contributed by atoms with Crippen molar-refractivity contribution in [2.75, 3.05) is 38.7 Å². The summed E-state index contributed by atoms with van der Waals surface area (Å²) in [6, 6.07) is 13.3. The standard InChI is InChI=1S/C25H33N3O4/c1-17(2)25(19-8-11-21-22(14-19)32-13-5-12-31-21)27-24(30)16-28(4)15-23(29)26-20-9-6-18(3)7-10-20/h6-11,14,17,25H,5,12-13,15-16H2,1-4H3,(H,26,29)(H,27,30). The highest BCUT2D eigenvalue weighted by molar-refractivity contribution is 5.92. The van der Waals surface area contributed by atoms with Crippen LogP contribution in [0.15, 0.2) is 42.5 Å². The van der Waals surface area contributed by atoms with Crippen molar-refractivity contribution in [3.05, 3.63) is 53.6 Å². The van der Waals surface area contributed by atoms with E-state index in [1.165, 1.54) is 0 Å². The first-order valence-corrected chi connectivity index (χ1v) is 11.1. The SMILES string of the molecule is Cc1ccc(NC(=O)CN(C)CC(=O)NC(c2ccc3c(c2)OCCCO3)C(C)C)cc1. The summed E-state index contributed by atoms with van der Waals surface area (Å²) in [6.07, 6.45) is 0.845. The first kappa shape index (κ1) is 23.6. The third-order valence-corrected chi connectivity index (χ3v) is 5.28. The molecule has 3 rings (SSSR count). The molecule has 2 aromatic carbocycles. The average molecular weight is 440 g/mol. The Balaban J connectivity index is 1.56. The van der Waals surface area contributed by atoms with E-state index in [9.17, 15) is 9.59 Å². The van der Waals surface area contributed by atoms with Gasteiger partial charge in [-0.1, -0.05) is 37.6 Å². The number of aryl methyl sites for hydroxylation is 1. The van der Waals surface area contributed by atoms with E-state index >= 15 is 0 Å². The number of benzene rings is 2. The number of nitrogens with one attached hydrogen (secondary N) is 2. The van der Waals surface area contributed by atoms with E-state index in [0.29, 0.717) is 19.0 Å². The van der Waals surface area contributed by atoms with Crippen molar-refractivity contribution in [3.8, 4) is 11.5 Å². The van der Waals surface area contributed by atoms with Gasteiger partial charge in [0.1, 0.15) is 0 Å². The summed E-state index contributed by atoms with van der Waals surface area (Å²) in [5.74, 6) is 1.33. The van der Waals surface area contributed by atoms with Gasteiger partial charge >= 0.3 is 0 Å². The molecule has 1 unspecified atom stereocenters. The molecule has 0 bridgehead atoms. The van der Waals surface area contributed by atoms with E-state index in [-0.39, 0.29) is 36.9 Å². The van der Waals surface area contributed by atoms with Crippen LogP contribution >= 0.6 is 0 Å². The maximum absolute atomic E-state index is 12.7. The second-order valence-electron chi connectivity index (χ2n) is 8.63. The van der Waals surface area contributed by atoms with Crippen LogP contribution in [0.4, 0.5) is 5.69 Å². The van der Waals surface area contributed by atoms with Crippen molar-refractivity contribution < 1.29 is 19.1 Å². The predicted octanol–water partition coefficient (Wildman–Crippen LogP) is 3.54. The Bertz CT molecular complexity index is 927. The summed E-state index contributed by atoms with van der Waals surface area (Å²) in [6.45, 7) is 7.62. The van der Waals surface area contributed by atoms with Gasteiger partial charge in [-0.15, -0.1) is 0 Å². The number of rotatable bonds is 8. The zero-order chi connectivity index (χ0) is 23.1. The van der Waals surface area contributed by atoms with Gasteiger partial charge in [0.05, 0.1) is 32.3 Å². The number of carbonyl (C=O) groups is 2. The minimum Gasteiger partial charge on any atom is -0.490 e. The maximum Gasteiger partial charge on any atom is 0.238 e. The number of anilines is 1. The Hall–Kier alpha value is -3.06. The second-order valence-corrected chi connectivity index (χ2v) is 8.63. The molecule has 0 saturated carbocycles. The third kappa shape index (κ3) is 6.72. The Labute approximate surface area is 190 Å². The van der Waals surface area contributed by atoms with E-state index in [2.05, 4.69) is 24.5 Å². The Morgan fingerprint density at radius 3 is 2.31 bits per heavy atom. The van der Waals surface area contributed by atoms with Crippen LogP contribution in [-0.4, -0.2) is 50.1 Å². The number of hydrogen-bond acceptors (Lipinski definition) is 5. The molecule has 1 aliphatic heterocycles. The number of fused-ring (bicyclic) bond motifs is 1. The van der Waals surface area contributed by atoms with E-state index in [4.69, 9.17) is 9.47 Å². The highest BCUT2D eigenvalue weighted by Crippen LogP contribution is 2.34. The lowest BCUT2D eigenvalue weighted by Crippen LogP contribution is -2.41. The summed E-state index contributed by atoms with van der Waals surface area (Å²) in [4.78, 5) is 26.7. The van der Waals surface area contributed by atoms with Crippen LogP contribution in [0.1, 0.15) is 37.4 Å². The lowest BCUT2D eigenvalue weighted by atomic mass is 9.95. The minimum atomic E-state index is -0.172. The van der Waals surface area contributed by atoms with Gasteiger partial charge in [-0.2, -0.15) is 0 Å². The predicted molar refractivity (Wildman–Crippen MR) is 125 cm³/mol. The molecule has 0 fully saturated rings. The maximum atomic E-state index is 12.7. The molecule has 0 aliphatic carbocycles. The number of amides is 2. The van der Waals surface area contributed by atoms with Gasteiger partial charge < -0.3 is 20.1 Å². The highest BCUT2D eigenvalue weighted by Gasteiger charge is 2.22. The van der Waals surface area contributed by atoms with Gasteiger partial charge in [0.25, 0.3) is 0 Å². The summed E-state index contributed by atoms with van der Waals surface area (Å²) < 4.78 is 11.5. The van der Waals surface area contributed by atoms with Gasteiger partial charge in [0.15, 0.2) is 11.5 Å². The fourth-order valence-corrected chi connectivity index (χ4v) is 3.61. The van der Waals surface area contributed by atoms with Gasteiger partial charge in [0.2, 0.25) is 11.8 Å². The van der Waals surface area contributed by atoms with Crippen molar-refractivity contribution in [1.82, 2.24) is 10.2 Å². The van der Waals surface area contributed by atoms with Crippen LogP contribution < -0.4 is 20.1 Å². The van der Waals surface area contributed by atoms with Crippen LogP contribution in [0.5, 0.6) is 11.5 Å². The topological polar surface area (TPSA) is 79.9 Å². The number of ether oxygens (including phenoxy) is 2. The molecule has 2 N–H and O–H groups in total. The van der Waals surface area contributed by atoms with Crippen molar-refractivity contribution >= 4 is 17.5 Å². The molecule has 2 amide bonds. The lowest BCUT2D eigenvalue weighted by Gasteiger charge is -2.25. The number of hydrogen-bond donors (Lipinski definition) is 2. The monoisotopic (exact) mass is 439 g/mol. The van der Waals surface area contributed by atoms with Crippen molar-refractivity contribution in [3.63, 3.8) is 0 Å². The molecule has 7 heteroatoms. The van der Waals surface area contributed by atoms with Gasteiger partial charge in [0, 0.05) is 12.1 Å². The van der Waals surface area contributed by atoms with E-state index < -0.39 is 0 Å². The van der Waals surface area contributed by atoms with E-state index in [1.54, 1.807) is 11.9 Å². The van der Waals surface area contributed by atoms with Gasteiger partial charge in [-0.05, 0) is 49.7 Å². The van der Waals surface area contributed by atoms with Crippen LogP contribution in [0.3, 0.4) is 0 Å². The summed E-state index contributed by atoms with van der Waals surface area (Å²) in [5.41, 5.74) is 2.84. The quantitative estimate of drug-likeness (QED) is 0.658. The zero-order valence-electron chi connectivity index (χ0n) is 19.3. The number of carbonyl (C=O) groups excluding carboxylic acids is 2. The molecule has 1 aliphatic rings. The molecule has 32 heavy (non-hydrogen) atoms. The van der Waals surface area contributed by atoms with Crippen molar-refractivity contribution in [2.24, 2.45) is 5.92 Å². The van der Waals surface area contributed by atoms with E-state index in [1.807, 2.05) is 49.4 Å². The zero-order valence-corrected chi connectivity index (χ0v) is 19.3. The molecule has 1 atom stereocenters. The fourth-order valence-electron chi connectivity index (χ4n) is 3.61. The third-order valence-electron chi connectivity index (χ3n) is 5.28. The lowest BCUT2D eigenvalue weighted by molar-refractivity contribution is -0.123. The summed E-state index contributed by atoms with van der Waals surface area (Å²) in [7, 11) is 1.76. The molecular formula is C25H33N3O4. The molecule has 0 aromatic heterocycles. The van der Waals surface area contributed by atoms with Crippen LogP contribution in [0.25, 0.3) is 0 Å². The average Bonchev–Trinajstić information content (AvgIpc) is 2.98. The number of likely N-dealkylation sites (N-methyl/N-ethyl adjacent to an activating group) is 1. The van der Waals surface area contributed by atoms with Crippen molar-refractivity contribution in [1.29, 1.82) is 0 Å². The largest absolute Gasteiger partial charge is 0.490 e.